The summed E-state index contributed by atoms with van der Waals surface area (Å²) in [7, 11) is 3.24. The summed E-state index contributed by atoms with van der Waals surface area (Å²) in [5.74, 6) is -0.302. The van der Waals surface area contributed by atoms with Crippen molar-refractivity contribution in [3.63, 3.8) is 0 Å². The maximum absolute atomic E-state index is 11.9. The lowest BCUT2D eigenvalue weighted by Crippen LogP contribution is -2.20. The molecule has 1 N–H and O–H groups in total. The Bertz CT molecular complexity index is 735. The first kappa shape index (κ1) is 12.6. The van der Waals surface area contributed by atoms with Gasteiger partial charge in [-0.25, -0.2) is 0 Å². The molecular formula is C12H11N5O2. The smallest absolute Gasteiger partial charge is 0.257 e. The second kappa shape index (κ2) is 4.78. The van der Waals surface area contributed by atoms with Crippen molar-refractivity contribution in [2.45, 2.75) is 0 Å². The highest BCUT2D eigenvalue weighted by atomic mass is 16.2. The van der Waals surface area contributed by atoms with Crippen LogP contribution in [0.15, 0.2) is 29.3 Å². The third kappa shape index (κ3) is 2.52. The van der Waals surface area contributed by atoms with E-state index in [0.717, 1.165) is 0 Å². The highest BCUT2D eigenvalue weighted by Crippen LogP contribution is 2.12. The molecule has 0 bridgehead atoms. The molecule has 0 fully saturated rings. The Kier molecular flexibility index (Phi) is 3.16. The Hall–Kier alpha value is -2.88. The average Bonchev–Trinajstić information content (AvgIpc) is 2.72. The van der Waals surface area contributed by atoms with Crippen molar-refractivity contribution in [1.29, 1.82) is 5.26 Å². The average molecular weight is 257 g/mol. The van der Waals surface area contributed by atoms with Crippen LogP contribution in [0, 0.1) is 11.3 Å². The maximum atomic E-state index is 11.9. The number of nitrogens with one attached hydrogen (secondary N) is 1. The number of hydrogen-bond acceptors (Lipinski definition) is 4. The van der Waals surface area contributed by atoms with E-state index >= 15 is 0 Å². The molecule has 1 amide bonds. The van der Waals surface area contributed by atoms with Crippen molar-refractivity contribution < 1.29 is 4.79 Å². The van der Waals surface area contributed by atoms with Crippen molar-refractivity contribution in [2.75, 3.05) is 5.32 Å². The van der Waals surface area contributed by atoms with Gasteiger partial charge in [0.15, 0.2) is 5.82 Å². The van der Waals surface area contributed by atoms with Crippen LogP contribution >= 0.6 is 0 Å². The lowest BCUT2D eigenvalue weighted by molar-refractivity contribution is 0.102. The third-order valence-corrected chi connectivity index (χ3v) is 2.55. The molecule has 0 aliphatic rings. The normalized spacial score (nSPS) is 9.95. The monoisotopic (exact) mass is 257 g/mol. The largest absolute Gasteiger partial charge is 0.319 e. The SMILES string of the molecule is Cn1cc(C#N)c(NC(=O)c2ccn(C)c(=O)c2)n1. The molecule has 0 unspecified atom stereocenters. The van der Waals surface area contributed by atoms with Gasteiger partial charge < -0.3 is 9.88 Å². The number of carbonyl (C=O) groups is 1. The van der Waals surface area contributed by atoms with Crippen molar-refractivity contribution in [2.24, 2.45) is 14.1 Å². The van der Waals surface area contributed by atoms with Crippen LogP contribution in [-0.4, -0.2) is 20.3 Å². The Morgan fingerprint density at radius 3 is 2.84 bits per heavy atom. The molecule has 2 aromatic rings. The molecule has 2 aromatic heterocycles. The summed E-state index contributed by atoms with van der Waals surface area (Å²) >= 11 is 0. The maximum Gasteiger partial charge on any atom is 0.257 e. The Morgan fingerprint density at radius 1 is 1.47 bits per heavy atom. The number of hydrogen-bond donors (Lipinski definition) is 1. The zero-order valence-electron chi connectivity index (χ0n) is 10.4. The minimum atomic E-state index is -0.479. The van der Waals surface area contributed by atoms with Crippen LogP contribution in [0.3, 0.4) is 0 Å². The number of carbonyl (C=O) groups excluding carboxylic acids is 1. The van der Waals surface area contributed by atoms with Gasteiger partial charge in [0.05, 0.1) is 0 Å². The summed E-state index contributed by atoms with van der Waals surface area (Å²) in [5.41, 5.74) is 0.200. The van der Waals surface area contributed by atoms with E-state index in [4.69, 9.17) is 5.26 Å². The molecule has 0 aliphatic carbocycles. The summed E-state index contributed by atoms with van der Waals surface area (Å²) in [6.45, 7) is 0. The van der Waals surface area contributed by atoms with E-state index in [2.05, 4.69) is 10.4 Å². The van der Waals surface area contributed by atoms with Crippen LogP contribution in [0.1, 0.15) is 15.9 Å². The molecule has 0 aromatic carbocycles. The number of nitriles is 1. The van der Waals surface area contributed by atoms with Gasteiger partial charge in [0.25, 0.3) is 11.5 Å². The zero-order chi connectivity index (χ0) is 14.0. The van der Waals surface area contributed by atoms with E-state index in [-0.39, 0.29) is 22.5 Å². The fourth-order valence-corrected chi connectivity index (χ4v) is 1.53. The lowest BCUT2D eigenvalue weighted by atomic mass is 10.2. The van der Waals surface area contributed by atoms with Crippen molar-refractivity contribution in [3.8, 4) is 6.07 Å². The van der Waals surface area contributed by atoms with Crippen LogP contribution in [0.4, 0.5) is 5.82 Å². The van der Waals surface area contributed by atoms with Crippen LogP contribution < -0.4 is 10.9 Å². The van der Waals surface area contributed by atoms with Gasteiger partial charge in [-0.1, -0.05) is 0 Å². The van der Waals surface area contributed by atoms with Crippen LogP contribution in [0.5, 0.6) is 0 Å². The van der Waals surface area contributed by atoms with Gasteiger partial charge in [-0.2, -0.15) is 10.4 Å². The van der Waals surface area contributed by atoms with Gasteiger partial charge in [-0.05, 0) is 6.07 Å². The Morgan fingerprint density at radius 2 is 2.21 bits per heavy atom. The second-order valence-electron chi connectivity index (χ2n) is 4.00. The lowest BCUT2D eigenvalue weighted by Gasteiger charge is -2.03. The van der Waals surface area contributed by atoms with E-state index in [1.165, 1.54) is 33.8 Å². The van der Waals surface area contributed by atoms with Crippen molar-refractivity contribution >= 4 is 11.7 Å². The molecule has 0 atom stereocenters. The molecule has 0 radical (unpaired) electrons. The fourth-order valence-electron chi connectivity index (χ4n) is 1.53. The van der Waals surface area contributed by atoms with Crippen LogP contribution in [0.25, 0.3) is 0 Å². The number of amides is 1. The molecule has 2 heterocycles. The van der Waals surface area contributed by atoms with E-state index < -0.39 is 5.91 Å². The molecule has 0 saturated carbocycles. The number of pyridine rings is 1. The third-order valence-electron chi connectivity index (χ3n) is 2.55. The fraction of sp³-hybridized carbons (Fsp3) is 0.167. The number of nitrogens with zero attached hydrogens (tertiary/aromatic N) is 4. The molecule has 7 heteroatoms. The van der Waals surface area contributed by atoms with Gasteiger partial charge in [-0.3, -0.25) is 14.3 Å². The van der Waals surface area contributed by atoms with Gasteiger partial charge in [0.1, 0.15) is 11.6 Å². The Labute approximate surface area is 108 Å². The molecule has 7 nitrogen and oxygen atoms in total. The predicted octanol–water partition coefficient (Wildman–Crippen LogP) is 0.243. The van der Waals surface area contributed by atoms with E-state index in [9.17, 15) is 9.59 Å². The first-order valence-corrected chi connectivity index (χ1v) is 5.43. The van der Waals surface area contributed by atoms with Gasteiger partial charge in [0, 0.05) is 38.1 Å². The quantitative estimate of drug-likeness (QED) is 0.834. The number of rotatable bonds is 2. The highest BCUT2D eigenvalue weighted by Gasteiger charge is 2.13. The number of anilines is 1. The molecule has 0 spiro atoms. The van der Waals surface area contributed by atoms with E-state index in [1.807, 2.05) is 6.07 Å². The molecule has 96 valence electrons. The van der Waals surface area contributed by atoms with Crippen LogP contribution in [0.2, 0.25) is 0 Å². The molecule has 2 rings (SSSR count). The summed E-state index contributed by atoms with van der Waals surface area (Å²) < 4.78 is 2.79. The Balaban J connectivity index is 2.28. The first-order valence-electron chi connectivity index (χ1n) is 5.43. The van der Waals surface area contributed by atoms with Gasteiger partial charge in [0.2, 0.25) is 0 Å². The molecule has 0 saturated heterocycles. The van der Waals surface area contributed by atoms with Gasteiger partial charge in [-0.15, -0.1) is 0 Å². The minimum absolute atomic E-state index is 0.177. The summed E-state index contributed by atoms with van der Waals surface area (Å²) in [5, 5.41) is 15.4. The molecule has 19 heavy (non-hydrogen) atoms. The van der Waals surface area contributed by atoms with Crippen molar-refractivity contribution in [3.05, 3.63) is 46.0 Å². The van der Waals surface area contributed by atoms with E-state index in [1.54, 1.807) is 14.1 Å². The van der Waals surface area contributed by atoms with Crippen molar-refractivity contribution in [1.82, 2.24) is 14.3 Å². The summed E-state index contributed by atoms with van der Waals surface area (Å²) in [6.07, 6.45) is 3.00. The number of aromatic nitrogens is 3. The minimum Gasteiger partial charge on any atom is -0.319 e. The first-order chi connectivity index (χ1) is 9.01. The zero-order valence-corrected chi connectivity index (χ0v) is 10.4. The van der Waals surface area contributed by atoms with Crippen LogP contribution in [-0.2, 0) is 14.1 Å². The van der Waals surface area contributed by atoms with E-state index in [0.29, 0.717) is 0 Å². The summed E-state index contributed by atoms with van der Waals surface area (Å²) in [6, 6.07) is 4.68. The topological polar surface area (TPSA) is 92.7 Å². The second-order valence-corrected chi connectivity index (χ2v) is 4.00. The predicted molar refractivity (Wildman–Crippen MR) is 67.6 cm³/mol. The standard InChI is InChI=1S/C12H11N5O2/c1-16-4-3-8(5-10(16)18)12(19)14-11-9(6-13)7-17(2)15-11/h3-5,7H,1-2H3,(H,14,15,19). The molecule has 0 aliphatic heterocycles. The molecular weight excluding hydrogens is 246 g/mol. The highest BCUT2D eigenvalue weighted by molar-refractivity contribution is 6.04. The number of aryl methyl sites for hydroxylation is 2. The van der Waals surface area contributed by atoms with Gasteiger partial charge >= 0.3 is 0 Å². The summed E-state index contributed by atoms with van der Waals surface area (Å²) in [4.78, 5) is 23.4.